The molecule has 0 aromatic heterocycles. The van der Waals surface area contributed by atoms with E-state index in [1.807, 2.05) is 41.3 Å². The number of fused-ring (bicyclic) bond motifs is 2. The van der Waals surface area contributed by atoms with E-state index in [0.29, 0.717) is 25.6 Å². The highest BCUT2D eigenvalue weighted by Gasteiger charge is 2.67. The Labute approximate surface area is 182 Å². The Morgan fingerprint density at radius 1 is 1.06 bits per heavy atom. The third kappa shape index (κ3) is 2.66. The number of rotatable bonds is 3. The van der Waals surface area contributed by atoms with Crippen molar-refractivity contribution in [3.05, 3.63) is 77.4 Å². The summed E-state index contributed by atoms with van der Waals surface area (Å²) in [6.45, 7) is 5.99. The average Bonchev–Trinajstić information content (AvgIpc) is 3.52. The molecule has 0 radical (unpaired) electrons. The minimum atomic E-state index is -0.689. The van der Waals surface area contributed by atoms with Gasteiger partial charge < -0.3 is 14.5 Å². The number of carbonyl (C=O) groups excluding carboxylic acids is 2. The number of carbonyl (C=O) groups is 2. The SMILES string of the molecule is CC(C)c1ccc(N2C[C@@]34C=C[C@@H](O3)C(C(=O)N3Cc5ccccc5C3)C4C2=O)cc1. The molecule has 2 saturated heterocycles. The zero-order valence-corrected chi connectivity index (χ0v) is 17.8. The van der Waals surface area contributed by atoms with E-state index >= 15 is 0 Å². The average molecular weight is 415 g/mol. The van der Waals surface area contributed by atoms with E-state index in [9.17, 15) is 9.59 Å². The molecule has 2 amide bonds. The van der Waals surface area contributed by atoms with Gasteiger partial charge in [0.2, 0.25) is 11.8 Å². The van der Waals surface area contributed by atoms with Crippen LogP contribution in [0.25, 0.3) is 0 Å². The van der Waals surface area contributed by atoms with Gasteiger partial charge in [-0.3, -0.25) is 9.59 Å². The minimum absolute atomic E-state index is 0.000733. The van der Waals surface area contributed by atoms with Crippen LogP contribution in [-0.2, 0) is 27.4 Å². The largest absolute Gasteiger partial charge is 0.360 e. The highest BCUT2D eigenvalue weighted by Crippen LogP contribution is 2.53. The number of amides is 2. The lowest BCUT2D eigenvalue weighted by atomic mass is 9.76. The lowest BCUT2D eigenvalue weighted by molar-refractivity contribution is -0.140. The quantitative estimate of drug-likeness (QED) is 0.721. The van der Waals surface area contributed by atoms with Crippen LogP contribution in [0.3, 0.4) is 0 Å². The topological polar surface area (TPSA) is 49.9 Å². The standard InChI is InChI=1S/C26H26N2O3/c1-16(2)17-7-9-20(10-8-17)28-15-26-12-11-21(31-26)22(23(26)25(28)30)24(29)27-13-18-5-3-4-6-19(18)14-27/h3-12,16,21-23H,13-15H2,1-2H3/t21-,22?,23?,26-/m1/s1. The molecule has 5 nitrogen and oxygen atoms in total. The molecule has 158 valence electrons. The molecule has 2 aromatic rings. The van der Waals surface area contributed by atoms with Crippen molar-refractivity contribution < 1.29 is 14.3 Å². The van der Waals surface area contributed by atoms with Gasteiger partial charge in [0.15, 0.2) is 0 Å². The molecule has 0 aliphatic carbocycles. The molecule has 4 heterocycles. The maximum atomic E-state index is 13.6. The van der Waals surface area contributed by atoms with Crippen molar-refractivity contribution in [3.8, 4) is 0 Å². The molecule has 31 heavy (non-hydrogen) atoms. The Morgan fingerprint density at radius 3 is 2.39 bits per heavy atom. The smallest absolute Gasteiger partial charge is 0.234 e. The van der Waals surface area contributed by atoms with Gasteiger partial charge in [0.25, 0.3) is 0 Å². The van der Waals surface area contributed by atoms with Gasteiger partial charge in [-0.25, -0.2) is 0 Å². The monoisotopic (exact) mass is 414 g/mol. The summed E-state index contributed by atoms with van der Waals surface area (Å²) in [4.78, 5) is 30.9. The number of hydrogen-bond donors (Lipinski definition) is 0. The molecule has 4 aliphatic rings. The first-order valence-corrected chi connectivity index (χ1v) is 11.1. The van der Waals surface area contributed by atoms with E-state index in [2.05, 4.69) is 38.1 Å². The van der Waals surface area contributed by atoms with Gasteiger partial charge in [-0.05, 0) is 34.7 Å². The van der Waals surface area contributed by atoms with Crippen molar-refractivity contribution in [1.82, 2.24) is 4.90 Å². The molecular formula is C26H26N2O3. The highest BCUT2D eigenvalue weighted by atomic mass is 16.5. The Hall–Kier alpha value is -2.92. The molecule has 2 bridgehead atoms. The van der Waals surface area contributed by atoms with Crippen molar-refractivity contribution in [2.24, 2.45) is 11.8 Å². The Balaban J connectivity index is 1.28. The van der Waals surface area contributed by atoms with Crippen molar-refractivity contribution in [2.75, 3.05) is 11.4 Å². The van der Waals surface area contributed by atoms with Gasteiger partial charge in [-0.2, -0.15) is 0 Å². The van der Waals surface area contributed by atoms with Crippen LogP contribution >= 0.6 is 0 Å². The van der Waals surface area contributed by atoms with Crippen LogP contribution in [0, 0.1) is 11.8 Å². The summed E-state index contributed by atoms with van der Waals surface area (Å²) < 4.78 is 6.32. The molecule has 5 heteroatoms. The lowest BCUT2D eigenvalue weighted by Gasteiger charge is -2.27. The van der Waals surface area contributed by atoms with E-state index in [1.165, 1.54) is 16.7 Å². The summed E-state index contributed by atoms with van der Waals surface area (Å²) in [7, 11) is 0. The van der Waals surface area contributed by atoms with Gasteiger partial charge in [0.05, 0.1) is 24.5 Å². The molecule has 1 spiro atoms. The maximum absolute atomic E-state index is 13.6. The zero-order chi connectivity index (χ0) is 21.3. The molecular weight excluding hydrogens is 388 g/mol. The maximum Gasteiger partial charge on any atom is 0.234 e. The minimum Gasteiger partial charge on any atom is -0.360 e. The van der Waals surface area contributed by atoms with Crippen LogP contribution in [-0.4, -0.2) is 35.0 Å². The van der Waals surface area contributed by atoms with Gasteiger partial charge in [0.1, 0.15) is 5.60 Å². The van der Waals surface area contributed by atoms with Gasteiger partial charge in [-0.15, -0.1) is 0 Å². The van der Waals surface area contributed by atoms with E-state index in [-0.39, 0.29) is 17.9 Å². The third-order valence-corrected chi connectivity index (χ3v) is 7.41. The predicted octanol–water partition coefficient (Wildman–Crippen LogP) is 3.64. The molecule has 0 saturated carbocycles. The number of ether oxygens (including phenoxy) is 1. The molecule has 2 aromatic carbocycles. The second-order valence-corrected chi connectivity index (χ2v) is 9.53. The zero-order valence-electron chi connectivity index (χ0n) is 17.8. The van der Waals surface area contributed by atoms with E-state index in [0.717, 1.165) is 5.69 Å². The lowest BCUT2D eigenvalue weighted by Crippen LogP contribution is -2.44. The Morgan fingerprint density at radius 2 is 1.74 bits per heavy atom. The van der Waals surface area contributed by atoms with E-state index in [4.69, 9.17) is 4.74 Å². The molecule has 4 aliphatic heterocycles. The highest BCUT2D eigenvalue weighted by molar-refractivity contribution is 6.03. The molecule has 6 rings (SSSR count). The molecule has 2 unspecified atom stereocenters. The second kappa shape index (κ2) is 6.54. The van der Waals surface area contributed by atoms with Gasteiger partial charge >= 0.3 is 0 Å². The summed E-state index contributed by atoms with van der Waals surface area (Å²) in [6.07, 6.45) is 3.70. The molecule has 2 fully saturated rings. The van der Waals surface area contributed by atoms with Gasteiger partial charge in [0, 0.05) is 18.8 Å². The fourth-order valence-corrected chi connectivity index (χ4v) is 5.74. The first-order valence-electron chi connectivity index (χ1n) is 11.1. The van der Waals surface area contributed by atoms with Crippen LogP contribution in [0.4, 0.5) is 5.69 Å². The number of anilines is 1. The first kappa shape index (κ1) is 18.8. The Kier molecular flexibility index (Phi) is 3.97. The summed E-state index contributed by atoms with van der Waals surface area (Å²) in [5.74, 6) is -0.438. The number of nitrogens with zero attached hydrogens (tertiary/aromatic N) is 2. The van der Waals surface area contributed by atoms with Crippen molar-refractivity contribution in [3.63, 3.8) is 0 Å². The van der Waals surface area contributed by atoms with E-state index in [1.54, 1.807) is 4.90 Å². The summed E-state index contributed by atoms with van der Waals surface area (Å²) >= 11 is 0. The van der Waals surface area contributed by atoms with Crippen molar-refractivity contribution >= 4 is 17.5 Å². The molecule has 4 atom stereocenters. The van der Waals surface area contributed by atoms with Crippen LogP contribution in [0.1, 0.15) is 36.5 Å². The van der Waals surface area contributed by atoms with Crippen molar-refractivity contribution in [1.29, 1.82) is 0 Å². The predicted molar refractivity (Wildman–Crippen MR) is 117 cm³/mol. The van der Waals surface area contributed by atoms with E-state index < -0.39 is 17.4 Å². The van der Waals surface area contributed by atoms with Gasteiger partial charge in [-0.1, -0.05) is 62.4 Å². The van der Waals surface area contributed by atoms with Crippen LogP contribution in [0.15, 0.2) is 60.7 Å². The fraction of sp³-hybridized carbons (Fsp3) is 0.385. The van der Waals surface area contributed by atoms with Crippen LogP contribution in [0.5, 0.6) is 0 Å². The summed E-state index contributed by atoms with van der Waals surface area (Å²) in [5.41, 5.74) is 3.81. The normalized spacial score (nSPS) is 30.4. The summed E-state index contributed by atoms with van der Waals surface area (Å²) in [6, 6.07) is 16.3. The second-order valence-electron chi connectivity index (χ2n) is 9.53. The summed E-state index contributed by atoms with van der Waals surface area (Å²) in [5, 5.41) is 0. The van der Waals surface area contributed by atoms with Crippen LogP contribution in [0.2, 0.25) is 0 Å². The third-order valence-electron chi connectivity index (χ3n) is 7.41. The Bertz CT molecular complexity index is 1080. The molecule has 0 N–H and O–H groups in total. The number of benzene rings is 2. The number of hydrogen-bond acceptors (Lipinski definition) is 3. The van der Waals surface area contributed by atoms with Crippen LogP contribution < -0.4 is 4.90 Å². The first-order chi connectivity index (χ1) is 15.0. The van der Waals surface area contributed by atoms with Crippen molar-refractivity contribution in [2.45, 2.75) is 44.6 Å². The fourth-order valence-electron chi connectivity index (χ4n) is 5.74.